The highest BCUT2D eigenvalue weighted by atomic mass is 16.6. The molecule has 0 spiro atoms. The second-order valence-electron chi connectivity index (χ2n) is 5.29. The van der Waals surface area contributed by atoms with E-state index in [0.717, 1.165) is 37.6 Å². The van der Waals surface area contributed by atoms with Crippen molar-refractivity contribution in [2.75, 3.05) is 23.3 Å². The molecule has 1 aliphatic heterocycles. The van der Waals surface area contributed by atoms with Crippen LogP contribution in [0.4, 0.5) is 17.3 Å². The standard InChI is InChI=1S/C15H17N5O2/c21-20(22)14-6-1-4-12(10-14)18-13-5-2-9-19(11-13)15-16-7-3-8-17-15/h1,3-4,6-8,10,13,18H,2,5,9,11H2. The molecule has 1 fully saturated rings. The van der Waals surface area contributed by atoms with Crippen molar-refractivity contribution >= 4 is 17.3 Å². The van der Waals surface area contributed by atoms with Crippen molar-refractivity contribution in [3.63, 3.8) is 0 Å². The molecule has 1 aliphatic rings. The Labute approximate surface area is 128 Å². The summed E-state index contributed by atoms with van der Waals surface area (Å²) in [6.07, 6.45) is 5.52. The first-order valence-corrected chi connectivity index (χ1v) is 7.25. The van der Waals surface area contributed by atoms with Crippen LogP contribution >= 0.6 is 0 Å². The maximum Gasteiger partial charge on any atom is 0.271 e. The number of piperidine rings is 1. The second kappa shape index (κ2) is 6.38. The highest BCUT2D eigenvalue weighted by Crippen LogP contribution is 2.21. The van der Waals surface area contributed by atoms with Gasteiger partial charge >= 0.3 is 0 Å². The van der Waals surface area contributed by atoms with Gasteiger partial charge in [-0.3, -0.25) is 10.1 Å². The molecule has 22 heavy (non-hydrogen) atoms. The van der Waals surface area contributed by atoms with E-state index in [9.17, 15) is 10.1 Å². The normalized spacial score (nSPS) is 18.0. The Morgan fingerprint density at radius 3 is 2.86 bits per heavy atom. The Morgan fingerprint density at radius 2 is 2.09 bits per heavy atom. The molecule has 7 heteroatoms. The lowest BCUT2D eigenvalue weighted by Gasteiger charge is -2.33. The molecule has 2 aromatic rings. The molecule has 0 aliphatic carbocycles. The number of aromatic nitrogens is 2. The minimum Gasteiger partial charge on any atom is -0.380 e. The molecule has 1 aromatic carbocycles. The van der Waals surface area contributed by atoms with Gasteiger partial charge in [0.15, 0.2) is 0 Å². The van der Waals surface area contributed by atoms with Crippen LogP contribution in [0.25, 0.3) is 0 Å². The van der Waals surface area contributed by atoms with Crippen LogP contribution in [0.15, 0.2) is 42.7 Å². The van der Waals surface area contributed by atoms with E-state index in [-0.39, 0.29) is 16.7 Å². The zero-order valence-corrected chi connectivity index (χ0v) is 12.1. The number of benzene rings is 1. The molecule has 1 N–H and O–H groups in total. The Kier molecular flexibility index (Phi) is 4.13. The molecule has 1 atom stereocenters. The number of nitro groups is 1. The smallest absolute Gasteiger partial charge is 0.271 e. The number of hydrogen-bond donors (Lipinski definition) is 1. The van der Waals surface area contributed by atoms with Gasteiger partial charge in [-0.15, -0.1) is 0 Å². The first-order valence-electron chi connectivity index (χ1n) is 7.25. The van der Waals surface area contributed by atoms with E-state index in [2.05, 4.69) is 20.2 Å². The first-order chi connectivity index (χ1) is 10.7. The van der Waals surface area contributed by atoms with Crippen molar-refractivity contribution in [2.45, 2.75) is 18.9 Å². The van der Waals surface area contributed by atoms with Gasteiger partial charge in [-0.05, 0) is 25.0 Å². The summed E-state index contributed by atoms with van der Waals surface area (Å²) in [5, 5.41) is 14.2. The molecule has 1 unspecified atom stereocenters. The van der Waals surface area contributed by atoms with Gasteiger partial charge in [0.2, 0.25) is 5.95 Å². The zero-order chi connectivity index (χ0) is 15.4. The molecule has 114 valence electrons. The van der Waals surface area contributed by atoms with E-state index < -0.39 is 0 Å². The number of nitrogens with one attached hydrogen (secondary N) is 1. The van der Waals surface area contributed by atoms with Crippen LogP contribution in [0.1, 0.15) is 12.8 Å². The predicted molar refractivity (Wildman–Crippen MR) is 84.0 cm³/mol. The first kappa shape index (κ1) is 14.2. The van der Waals surface area contributed by atoms with E-state index in [1.165, 1.54) is 6.07 Å². The summed E-state index contributed by atoms with van der Waals surface area (Å²) in [5.74, 6) is 0.730. The van der Waals surface area contributed by atoms with E-state index >= 15 is 0 Å². The fourth-order valence-corrected chi connectivity index (χ4v) is 2.68. The third-order valence-corrected chi connectivity index (χ3v) is 3.68. The Bertz CT molecular complexity index is 649. The molecule has 2 heterocycles. The van der Waals surface area contributed by atoms with Crippen molar-refractivity contribution < 1.29 is 4.92 Å². The minimum atomic E-state index is -0.379. The monoisotopic (exact) mass is 299 g/mol. The quantitative estimate of drug-likeness (QED) is 0.689. The number of nitro benzene ring substituents is 1. The lowest BCUT2D eigenvalue weighted by Crippen LogP contribution is -2.42. The molecular formula is C15H17N5O2. The van der Waals surface area contributed by atoms with Gasteiger partial charge in [0, 0.05) is 49.3 Å². The molecule has 7 nitrogen and oxygen atoms in total. The number of hydrogen-bond acceptors (Lipinski definition) is 6. The minimum absolute atomic E-state index is 0.101. The summed E-state index contributed by atoms with van der Waals surface area (Å²) in [5.41, 5.74) is 0.874. The Balaban J connectivity index is 1.68. The van der Waals surface area contributed by atoms with Crippen LogP contribution in [-0.4, -0.2) is 34.0 Å². The maximum absolute atomic E-state index is 10.8. The van der Waals surface area contributed by atoms with Gasteiger partial charge in [0.1, 0.15) is 0 Å². The molecular weight excluding hydrogens is 282 g/mol. The van der Waals surface area contributed by atoms with E-state index in [0.29, 0.717) is 0 Å². The summed E-state index contributed by atoms with van der Waals surface area (Å²) in [6.45, 7) is 1.71. The molecule has 1 aromatic heterocycles. The highest BCUT2D eigenvalue weighted by molar-refractivity contribution is 5.52. The fraction of sp³-hybridized carbons (Fsp3) is 0.333. The third-order valence-electron chi connectivity index (χ3n) is 3.68. The summed E-state index contributed by atoms with van der Waals surface area (Å²) in [6, 6.07) is 8.63. The van der Waals surface area contributed by atoms with Crippen LogP contribution in [0, 0.1) is 10.1 Å². The second-order valence-corrected chi connectivity index (χ2v) is 5.29. The largest absolute Gasteiger partial charge is 0.380 e. The molecule has 0 radical (unpaired) electrons. The van der Waals surface area contributed by atoms with Crippen molar-refractivity contribution in [2.24, 2.45) is 0 Å². The molecule has 3 rings (SSSR count). The van der Waals surface area contributed by atoms with Crippen LogP contribution < -0.4 is 10.2 Å². The Morgan fingerprint density at radius 1 is 1.27 bits per heavy atom. The number of rotatable bonds is 4. The van der Waals surface area contributed by atoms with Gasteiger partial charge in [-0.1, -0.05) is 6.07 Å². The van der Waals surface area contributed by atoms with Gasteiger partial charge in [-0.2, -0.15) is 0 Å². The molecule has 0 saturated carbocycles. The van der Waals surface area contributed by atoms with Gasteiger partial charge < -0.3 is 10.2 Å². The van der Waals surface area contributed by atoms with Gasteiger partial charge in [-0.25, -0.2) is 9.97 Å². The molecule has 1 saturated heterocycles. The average Bonchev–Trinajstić information content (AvgIpc) is 2.56. The van der Waals surface area contributed by atoms with Crippen molar-refractivity contribution in [1.29, 1.82) is 0 Å². The third kappa shape index (κ3) is 3.30. The number of non-ortho nitro benzene ring substituents is 1. The average molecular weight is 299 g/mol. The maximum atomic E-state index is 10.8. The van der Waals surface area contributed by atoms with Gasteiger partial charge in [0.25, 0.3) is 5.69 Å². The van der Waals surface area contributed by atoms with Crippen LogP contribution in [0.2, 0.25) is 0 Å². The van der Waals surface area contributed by atoms with Crippen molar-refractivity contribution in [3.05, 3.63) is 52.8 Å². The predicted octanol–water partition coefficient (Wildman–Crippen LogP) is 2.47. The van der Waals surface area contributed by atoms with E-state index in [1.54, 1.807) is 30.6 Å². The number of nitrogens with zero attached hydrogens (tertiary/aromatic N) is 4. The molecule has 0 bridgehead atoms. The summed E-state index contributed by atoms with van der Waals surface area (Å²) in [7, 11) is 0. The fourth-order valence-electron chi connectivity index (χ4n) is 2.68. The number of anilines is 2. The van der Waals surface area contributed by atoms with Crippen LogP contribution in [-0.2, 0) is 0 Å². The molecule has 0 amide bonds. The SMILES string of the molecule is O=[N+]([O-])c1cccc(NC2CCCN(c3ncccn3)C2)c1. The van der Waals surface area contributed by atoms with Crippen LogP contribution in [0.3, 0.4) is 0 Å². The zero-order valence-electron chi connectivity index (χ0n) is 12.1. The summed E-state index contributed by atoms with van der Waals surface area (Å²) < 4.78 is 0. The van der Waals surface area contributed by atoms with E-state index in [4.69, 9.17) is 0 Å². The lowest BCUT2D eigenvalue weighted by molar-refractivity contribution is -0.384. The summed E-state index contributed by atoms with van der Waals surface area (Å²) in [4.78, 5) is 21.2. The van der Waals surface area contributed by atoms with Gasteiger partial charge in [0.05, 0.1) is 4.92 Å². The lowest BCUT2D eigenvalue weighted by atomic mass is 10.1. The van der Waals surface area contributed by atoms with Crippen LogP contribution in [0.5, 0.6) is 0 Å². The topological polar surface area (TPSA) is 84.2 Å². The van der Waals surface area contributed by atoms with E-state index in [1.807, 2.05) is 6.07 Å². The van der Waals surface area contributed by atoms with Crippen molar-refractivity contribution in [3.8, 4) is 0 Å². The summed E-state index contributed by atoms with van der Waals surface area (Å²) >= 11 is 0. The Hall–Kier alpha value is -2.70. The highest BCUT2D eigenvalue weighted by Gasteiger charge is 2.21. The van der Waals surface area contributed by atoms with Crippen molar-refractivity contribution in [1.82, 2.24) is 9.97 Å².